The second-order valence-electron chi connectivity index (χ2n) is 5.26. The molecule has 17 heavy (non-hydrogen) atoms. The number of rotatable bonds is 4. The van der Waals surface area contributed by atoms with E-state index in [2.05, 4.69) is 17.1 Å². The van der Waals surface area contributed by atoms with Gasteiger partial charge in [-0.15, -0.1) is 0 Å². The maximum Gasteiger partial charge on any atom is 0.239 e. The number of piperidine rings is 1. The maximum absolute atomic E-state index is 12.0. The van der Waals surface area contributed by atoms with Gasteiger partial charge < -0.3 is 10.2 Å². The van der Waals surface area contributed by atoms with Crippen molar-refractivity contribution >= 4 is 5.91 Å². The lowest BCUT2D eigenvalue weighted by molar-refractivity contribution is -0.134. The normalized spacial score (nSPS) is 27.8. The maximum atomic E-state index is 12.0. The van der Waals surface area contributed by atoms with Crippen LogP contribution in [0.4, 0.5) is 0 Å². The molecule has 0 aromatic carbocycles. The Bertz CT molecular complexity index is 255. The first-order valence-corrected chi connectivity index (χ1v) is 6.63. The minimum atomic E-state index is 0.0110. The van der Waals surface area contributed by atoms with Crippen molar-refractivity contribution in [3.63, 3.8) is 0 Å². The summed E-state index contributed by atoms with van der Waals surface area (Å²) in [6, 6.07) is 0.620. The molecule has 1 aliphatic heterocycles. The van der Waals surface area contributed by atoms with E-state index in [0.717, 1.165) is 19.5 Å². The Hall–Kier alpha value is -0.610. The summed E-state index contributed by atoms with van der Waals surface area (Å²) in [4.78, 5) is 16.0. The van der Waals surface area contributed by atoms with Crippen molar-refractivity contribution < 1.29 is 4.79 Å². The summed E-state index contributed by atoms with van der Waals surface area (Å²) < 4.78 is 0. The molecule has 1 rings (SSSR count). The van der Waals surface area contributed by atoms with Gasteiger partial charge in [0, 0.05) is 33.2 Å². The van der Waals surface area contributed by atoms with Crippen molar-refractivity contribution in [3.05, 3.63) is 0 Å². The van der Waals surface area contributed by atoms with Gasteiger partial charge in [0.05, 0.1) is 6.04 Å². The molecule has 1 amide bonds. The predicted octanol–water partition coefficient (Wildman–Crippen LogP) is 0.783. The fraction of sp³-hybridized carbons (Fsp3) is 0.923. The van der Waals surface area contributed by atoms with E-state index < -0.39 is 0 Å². The van der Waals surface area contributed by atoms with Crippen molar-refractivity contribution in [1.29, 1.82) is 0 Å². The Morgan fingerprint density at radius 3 is 2.65 bits per heavy atom. The van der Waals surface area contributed by atoms with Gasteiger partial charge in [-0.1, -0.05) is 13.3 Å². The molecule has 1 heterocycles. The number of carbonyl (C=O) groups excluding carboxylic acids is 1. The number of nitrogens with one attached hydrogen (secondary N) is 1. The van der Waals surface area contributed by atoms with Crippen LogP contribution in [-0.2, 0) is 4.79 Å². The van der Waals surface area contributed by atoms with E-state index in [9.17, 15) is 4.79 Å². The lowest BCUT2D eigenvalue weighted by Gasteiger charge is -2.41. The number of likely N-dealkylation sites (N-methyl/N-ethyl adjacent to an activating group) is 1. The fourth-order valence-electron chi connectivity index (χ4n) is 2.74. The van der Waals surface area contributed by atoms with Crippen molar-refractivity contribution in [1.82, 2.24) is 15.1 Å². The summed E-state index contributed by atoms with van der Waals surface area (Å²) in [7, 11) is 5.70. The number of nitrogens with zero attached hydrogens (tertiary/aromatic N) is 2. The number of hydrogen-bond acceptors (Lipinski definition) is 3. The minimum Gasteiger partial charge on any atom is -0.347 e. The van der Waals surface area contributed by atoms with Gasteiger partial charge in [0.15, 0.2) is 0 Å². The van der Waals surface area contributed by atoms with Crippen LogP contribution in [-0.4, -0.2) is 62.0 Å². The topological polar surface area (TPSA) is 35.6 Å². The molecule has 0 bridgehead atoms. The fourth-order valence-corrected chi connectivity index (χ4v) is 2.74. The van der Waals surface area contributed by atoms with E-state index in [4.69, 9.17) is 0 Å². The zero-order valence-electron chi connectivity index (χ0n) is 11.9. The molecule has 1 aliphatic rings. The first-order chi connectivity index (χ1) is 8.01. The summed E-state index contributed by atoms with van der Waals surface area (Å²) in [6.07, 6.45) is 2.31. The number of amides is 1. The minimum absolute atomic E-state index is 0.0110. The number of likely N-dealkylation sites (tertiary alicyclic amines) is 1. The van der Waals surface area contributed by atoms with Gasteiger partial charge in [0.2, 0.25) is 5.91 Å². The average Bonchev–Trinajstić information content (AvgIpc) is 2.35. The van der Waals surface area contributed by atoms with Gasteiger partial charge >= 0.3 is 0 Å². The highest BCUT2D eigenvalue weighted by atomic mass is 16.2. The Morgan fingerprint density at radius 2 is 2.18 bits per heavy atom. The van der Waals surface area contributed by atoms with Crippen LogP contribution >= 0.6 is 0 Å². The van der Waals surface area contributed by atoms with Gasteiger partial charge in [-0.2, -0.15) is 0 Å². The lowest BCUT2D eigenvalue weighted by Crippen LogP contribution is -2.54. The van der Waals surface area contributed by atoms with Crippen molar-refractivity contribution in [3.8, 4) is 0 Å². The Kier molecular flexibility index (Phi) is 5.40. The summed E-state index contributed by atoms with van der Waals surface area (Å²) in [5.41, 5.74) is 0. The van der Waals surface area contributed by atoms with Crippen molar-refractivity contribution in [2.24, 2.45) is 5.92 Å². The number of hydrogen-bond donors (Lipinski definition) is 1. The molecule has 3 atom stereocenters. The first kappa shape index (κ1) is 14.5. The predicted molar refractivity (Wildman–Crippen MR) is 71.0 cm³/mol. The Balaban J connectivity index is 2.60. The molecule has 0 saturated carbocycles. The molecule has 1 saturated heterocycles. The van der Waals surface area contributed by atoms with Gasteiger partial charge in [0.1, 0.15) is 0 Å². The summed E-state index contributed by atoms with van der Waals surface area (Å²) in [6.45, 7) is 6.30. The molecule has 0 spiro atoms. The highest BCUT2D eigenvalue weighted by Gasteiger charge is 2.31. The molecular weight excluding hydrogens is 214 g/mol. The van der Waals surface area contributed by atoms with Crippen LogP contribution in [0.5, 0.6) is 0 Å². The van der Waals surface area contributed by atoms with Crippen LogP contribution in [0.15, 0.2) is 0 Å². The second kappa shape index (κ2) is 6.36. The van der Waals surface area contributed by atoms with E-state index in [1.54, 1.807) is 4.90 Å². The van der Waals surface area contributed by atoms with Gasteiger partial charge in [0.25, 0.3) is 0 Å². The summed E-state index contributed by atoms with van der Waals surface area (Å²) in [5, 5.41) is 3.39. The molecular formula is C13H27N3O. The van der Waals surface area contributed by atoms with Crippen LogP contribution in [0.25, 0.3) is 0 Å². The van der Waals surface area contributed by atoms with Crippen LogP contribution < -0.4 is 5.32 Å². The van der Waals surface area contributed by atoms with Crippen LogP contribution in [0.2, 0.25) is 0 Å². The van der Waals surface area contributed by atoms with Crippen molar-refractivity contribution in [2.45, 2.75) is 38.8 Å². The monoisotopic (exact) mass is 241 g/mol. The van der Waals surface area contributed by atoms with E-state index in [1.165, 1.54) is 6.42 Å². The third kappa shape index (κ3) is 3.42. The summed E-state index contributed by atoms with van der Waals surface area (Å²) in [5.74, 6) is 0.869. The zero-order chi connectivity index (χ0) is 13.0. The van der Waals surface area contributed by atoms with E-state index in [-0.39, 0.29) is 11.9 Å². The Labute approximate surface area is 105 Å². The molecule has 0 aromatic rings. The molecule has 3 unspecified atom stereocenters. The standard InChI is InChI=1S/C13H27N3O/c1-6-11-9-16(8-7-12(11)14-3)10(2)13(17)15(4)5/h10-12,14H,6-9H2,1-5H3. The number of carbonyl (C=O) groups is 1. The molecule has 0 aliphatic carbocycles. The molecule has 4 nitrogen and oxygen atoms in total. The first-order valence-electron chi connectivity index (χ1n) is 6.63. The smallest absolute Gasteiger partial charge is 0.239 e. The molecule has 1 fully saturated rings. The second-order valence-corrected chi connectivity index (χ2v) is 5.26. The van der Waals surface area contributed by atoms with E-state index in [1.807, 2.05) is 28.1 Å². The molecule has 4 heteroatoms. The molecule has 1 N–H and O–H groups in total. The third-order valence-corrected chi connectivity index (χ3v) is 4.01. The van der Waals surface area contributed by atoms with Crippen LogP contribution in [0.1, 0.15) is 26.7 Å². The highest BCUT2D eigenvalue weighted by Crippen LogP contribution is 2.22. The SMILES string of the molecule is CCC1CN(C(C)C(=O)N(C)C)CCC1NC. The van der Waals surface area contributed by atoms with E-state index >= 15 is 0 Å². The summed E-state index contributed by atoms with van der Waals surface area (Å²) >= 11 is 0. The Morgan fingerprint density at radius 1 is 1.53 bits per heavy atom. The molecule has 0 aromatic heterocycles. The average molecular weight is 241 g/mol. The third-order valence-electron chi connectivity index (χ3n) is 4.01. The lowest BCUT2D eigenvalue weighted by atomic mass is 9.89. The quantitative estimate of drug-likeness (QED) is 0.790. The van der Waals surface area contributed by atoms with Gasteiger partial charge in [-0.25, -0.2) is 0 Å². The van der Waals surface area contributed by atoms with Crippen LogP contribution in [0.3, 0.4) is 0 Å². The highest BCUT2D eigenvalue weighted by molar-refractivity contribution is 5.80. The van der Waals surface area contributed by atoms with Crippen molar-refractivity contribution in [2.75, 3.05) is 34.2 Å². The van der Waals surface area contributed by atoms with Gasteiger partial charge in [-0.05, 0) is 26.3 Å². The van der Waals surface area contributed by atoms with Gasteiger partial charge in [-0.3, -0.25) is 9.69 Å². The van der Waals surface area contributed by atoms with Crippen LogP contribution in [0, 0.1) is 5.92 Å². The largest absolute Gasteiger partial charge is 0.347 e. The molecule has 0 radical (unpaired) electrons. The zero-order valence-corrected chi connectivity index (χ0v) is 11.9. The molecule has 100 valence electrons. The van der Waals surface area contributed by atoms with E-state index in [0.29, 0.717) is 12.0 Å².